The van der Waals surface area contributed by atoms with Gasteiger partial charge >= 0.3 is 0 Å². The molecule has 0 bridgehead atoms. The molecule has 0 radical (unpaired) electrons. The summed E-state index contributed by atoms with van der Waals surface area (Å²) in [7, 11) is 0. The average Bonchev–Trinajstić information content (AvgIpc) is 2.46. The maximum Gasteiger partial charge on any atom is 0.119 e. The van der Waals surface area contributed by atoms with Crippen molar-refractivity contribution in [3.05, 3.63) is 29.8 Å². The highest BCUT2D eigenvalue weighted by molar-refractivity contribution is 5.27. The molecule has 0 aliphatic heterocycles. The second-order valence-electron chi connectivity index (χ2n) is 4.87. The van der Waals surface area contributed by atoms with E-state index in [-0.39, 0.29) is 12.6 Å². The molecule has 1 aromatic rings. The summed E-state index contributed by atoms with van der Waals surface area (Å²) >= 11 is 0. The Balaban J connectivity index is 2.30. The van der Waals surface area contributed by atoms with E-state index >= 15 is 0 Å². The zero-order chi connectivity index (χ0) is 13.9. The summed E-state index contributed by atoms with van der Waals surface area (Å²) in [5.74, 6) is 0.939. The molecule has 0 fully saturated rings. The molecule has 1 aromatic carbocycles. The number of unbranched alkanes of at least 4 members (excludes halogenated alkanes) is 2. The van der Waals surface area contributed by atoms with Crippen molar-refractivity contribution in [3.63, 3.8) is 0 Å². The minimum absolute atomic E-state index is 0.185. The smallest absolute Gasteiger partial charge is 0.119 e. The predicted molar refractivity (Wildman–Crippen MR) is 79.5 cm³/mol. The highest BCUT2D eigenvalue weighted by Crippen LogP contribution is 2.13. The van der Waals surface area contributed by atoms with Gasteiger partial charge in [0.15, 0.2) is 0 Å². The molecule has 0 aliphatic rings. The van der Waals surface area contributed by atoms with Crippen LogP contribution in [0, 0.1) is 0 Å². The minimum atomic E-state index is 0.185. The van der Waals surface area contributed by atoms with Crippen LogP contribution in [0.4, 0.5) is 0 Å². The van der Waals surface area contributed by atoms with Crippen LogP contribution in [0.5, 0.6) is 5.75 Å². The number of benzene rings is 1. The summed E-state index contributed by atoms with van der Waals surface area (Å²) in [6.07, 6.45) is 4.50. The fourth-order valence-electron chi connectivity index (χ4n) is 1.85. The Hall–Kier alpha value is -1.06. The molecule has 2 N–H and O–H groups in total. The molecule has 0 amide bonds. The van der Waals surface area contributed by atoms with Crippen molar-refractivity contribution >= 4 is 0 Å². The summed E-state index contributed by atoms with van der Waals surface area (Å²) < 4.78 is 5.67. The molecule has 1 unspecified atom stereocenters. The molecule has 0 aliphatic carbocycles. The molecular formula is C16H27NO2. The molecule has 0 saturated carbocycles. The monoisotopic (exact) mass is 265 g/mol. The van der Waals surface area contributed by atoms with Gasteiger partial charge in [-0.05, 0) is 30.5 Å². The summed E-state index contributed by atoms with van der Waals surface area (Å²) in [5, 5.41) is 12.4. The largest absolute Gasteiger partial charge is 0.494 e. The van der Waals surface area contributed by atoms with Crippen molar-refractivity contribution < 1.29 is 9.84 Å². The van der Waals surface area contributed by atoms with Gasteiger partial charge in [-0.25, -0.2) is 0 Å². The third-order valence-corrected chi connectivity index (χ3v) is 3.25. The molecule has 19 heavy (non-hydrogen) atoms. The quantitative estimate of drug-likeness (QED) is 0.639. The molecule has 1 atom stereocenters. The number of hydrogen-bond acceptors (Lipinski definition) is 3. The Kier molecular flexibility index (Phi) is 8.26. The van der Waals surface area contributed by atoms with E-state index in [1.807, 2.05) is 12.1 Å². The maximum absolute atomic E-state index is 9.11. The number of aliphatic hydroxyl groups excluding tert-OH is 1. The van der Waals surface area contributed by atoms with Gasteiger partial charge in [-0.1, -0.05) is 38.8 Å². The Morgan fingerprint density at radius 2 is 1.89 bits per heavy atom. The second kappa shape index (κ2) is 9.82. The van der Waals surface area contributed by atoms with Gasteiger partial charge in [0, 0.05) is 12.6 Å². The van der Waals surface area contributed by atoms with Crippen molar-refractivity contribution in [2.24, 2.45) is 0 Å². The van der Waals surface area contributed by atoms with Crippen LogP contribution in [0.15, 0.2) is 24.3 Å². The van der Waals surface area contributed by atoms with Gasteiger partial charge < -0.3 is 15.2 Å². The van der Waals surface area contributed by atoms with Crippen LogP contribution in [0.1, 0.15) is 45.1 Å². The Bertz CT molecular complexity index is 320. The number of hydrogen-bond donors (Lipinski definition) is 2. The Morgan fingerprint density at radius 1 is 1.16 bits per heavy atom. The van der Waals surface area contributed by atoms with E-state index in [1.165, 1.54) is 18.4 Å². The lowest BCUT2D eigenvalue weighted by molar-refractivity contribution is 0.238. The molecule has 1 rings (SSSR count). The van der Waals surface area contributed by atoms with Gasteiger partial charge in [0.05, 0.1) is 13.2 Å². The summed E-state index contributed by atoms with van der Waals surface area (Å²) in [4.78, 5) is 0. The van der Waals surface area contributed by atoms with Gasteiger partial charge in [0.1, 0.15) is 5.75 Å². The Morgan fingerprint density at radius 3 is 2.47 bits per heavy atom. The van der Waals surface area contributed by atoms with Crippen molar-refractivity contribution in [3.8, 4) is 5.75 Å². The number of rotatable bonds is 10. The SMILES string of the molecule is CCCCCOc1ccc(CNC(CC)CO)cc1. The second-order valence-corrected chi connectivity index (χ2v) is 4.87. The van der Waals surface area contributed by atoms with Crippen molar-refractivity contribution in [2.75, 3.05) is 13.2 Å². The van der Waals surface area contributed by atoms with Gasteiger partial charge in [-0.15, -0.1) is 0 Å². The zero-order valence-electron chi connectivity index (χ0n) is 12.2. The molecular weight excluding hydrogens is 238 g/mol. The van der Waals surface area contributed by atoms with Crippen LogP contribution in [-0.2, 0) is 6.54 Å². The lowest BCUT2D eigenvalue weighted by Crippen LogP contribution is -2.31. The first kappa shape index (κ1) is 16.0. The van der Waals surface area contributed by atoms with Crippen LogP contribution in [0.25, 0.3) is 0 Å². The lowest BCUT2D eigenvalue weighted by atomic mass is 10.2. The standard InChI is InChI=1S/C16H27NO2/c1-3-5-6-11-19-16-9-7-14(8-10-16)12-17-15(4-2)13-18/h7-10,15,17-18H,3-6,11-13H2,1-2H3. The normalized spacial score (nSPS) is 12.4. The molecule has 3 nitrogen and oxygen atoms in total. The third-order valence-electron chi connectivity index (χ3n) is 3.25. The molecule has 0 aromatic heterocycles. The zero-order valence-corrected chi connectivity index (χ0v) is 12.2. The van der Waals surface area contributed by atoms with E-state index in [0.29, 0.717) is 0 Å². The first-order valence-corrected chi connectivity index (χ1v) is 7.36. The summed E-state index contributed by atoms with van der Waals surface area (Å²) in [6.45, 7) is 6.04. The lowest BCUT2D eigenvalue weighted by Gasteiger charge is -2.14. The predicted octanol–water partition coefficient (Wildman–Crippen LogP) is 3.12. The summed E-state index contributed by atoms with van der Waals surface area (Å²) in [5.41, 5.74) is 1.22. The van der Waals surface area contributed by atoms with Crippen LogP contribution in [0.3, 0.4) is 0 Å². The number of aliphatic hydroxyl groups is 1. The van der Waals surface area contributed by atoms with E-state index in [0.717, 1.165) is 31.7 Å². The topological polar surface area (TPSA) is 41.5 Å². The van der Waals surface area contributed by atoms with Gasteiger partial charge in [0.2, 0.25) is 0 Å². The van der Waals surface area contributed by atoms with Crippen LogP contribution < -0.4 is 10.1 Å². The van der Waals surface area contributed by atoms with Crippen molar-refractivity contribution in [2.45, 2.75) is 52.1 Å². The van der Waals surface area contributed by atoms with Crippen LogP contribution in [-0.4, -0.2) is 24.4 Å². The molecule has 0 spiro atoms. The van der Waals surface area contributed by atoms with E-state index < -0.39 is 0 Å². The van der Waals surface area contributed by atoms with Crippen molar-refractivity contribution in [1.82, 2.24) is 5.32 Å². The molecule has 3 heteroatoms. The molecule has 0 saturated heterocycles. The highest BCUT2D eigenvalue weighted by Gasteiger charge is 2.03. The van der Waals surface area contributed by atoms with Crippen LogP contribution >= 0.6 is 0 Å². The fraction of sp³-hybridized carbons (Fsp3) is 0.625. The van der Waals surface area contributed by atoms with Crippen LogP contribution in [0.2, 0.25) is 0 Å². The molecule has 0 heterocycles. The first-order valence-electron chi connectivity index (χ1n) is 7.36. The summed E-state index contributed by atoms with van der Waals surface area (Å²) in [6, 6.07) is 8.37. The van der Waals surface area contributed by atoms with E-state index in [4.69, 9.17) is 9.84 Å². The third kappa shape index (κ3) is 6.60. The van der Waals surface area contributed by atoms with Gasteiger partial charge in [-0.2, -0.15) is 0 Å². The Labute approximate surface area is 117 Å². The average molecular weight is 265 g/mol. The van der Waals surface area contributed by atoms with Gasteiger partial charge in [-0.3, -0.25) is 0 Å². The van der Waals surface area contributed by atoms with Gasteiger partial charge in [0.25, 0.3) is 0 Å². The van der Waals surface area contributed by atoms with Crippen molar-refractivity contribution in [1.29, 1.82) is 0 Å². The first-order chi connectivity index (χ1) is 9.30. The maximum atomic E-state index is 9.11. The van der Waals surface area contributed by atoms with E-state index in [1.54, 1.807) is 0 Å². The number of nitrogens with one attached hydrogen (secondary N) is 1. The minimum Gasteiger partial charge on any atom is -0.494 e. The molecule has 108 valence electrons. The van der Waals surface area contributed by atoms with E-state index in [9.17, 15) is 0 Å². The highest BCUT2D eigenvalue weighted by atomic mass is 16.5. The van der Waals surface area contributed by atoms with E-state index in [2.05, 4.69) is 31.3 Å². The fourth-order valence-corrected chi connectivity index (χ4v) is 1.85. The number of ether oxygens (including phenoxy) is 1.